The first kappa shape index (κ1) is 14.2. The van der Waals surface area contributed by atoms with Crippen LogP contribution in [0.15, 0.2) is 23.3 Å². The standard InChI is InChI=1S/C16H24N4O/c1-17-15(20-9-7-16(12-20)5-3-6-16)19-11-13-4-8-18-14(10-13)21-2/h4,8,10H,3,5-7,9,11-12H2,1-2H3,(H,17,19). The topological polar surface area (TPSA) is 49.8 Å². The van der Waals surface area contributed by atoms with Crippen LogP contribution in [0.25, 0.3) is 0 Å². The third-order valence-corrected chi connectivity index (χ3v) is 4.82. The van der Waals surface area contributed by atoms with Crippen molar-refractivity contribution < 1.29 is 4.74 Å². The zero-order chi connectivity index (χ0) is 14.7. The number of aliphatic imine (C=N–C) groups is 1. The molecule has 0 amide bonds. The molecule has 0 atom stereocenters. The van der Waals surface area contributed by atoms with Gasteiger partial charge in [-0.15, -0.1) is 0 Å². The summed E-state index contributed by atoms with van der Waals surface area (Å²) in [6.07, 6.45) is 7.27. The second-order valence-electron chi connectivity index (χ2n) is 6.13. The van der Waals surface area contributed by atoms with Crippen molar-refractivity contribution in [3.05, 3.63) is 23.9 Å². The molecule has 1 aromatic heterocycles. The number of methoxy groups -OCH3 is 1. The normalized spacial score (nSPS) is 20.5. The summed E-state index contributed by atoms with van der Waals surface area (Å²) in [5, 5.41) is 3.46. The van der Waals surface area contributed by atoms with E-state index in [0.717, 1.165) is 31.2 Å². The van der Waals surface area contributed by atoms with Crippen LogP contribution < -0.4 is 10.1 Å². The predicted molar refractivity (Wildman–Crippen MR) is 83.5 cm³/mol. The van der Waals surface area contributed by atoms with Gasteiger partial charge in [-0.25, -0.2) is 4.98 Å². The molecule has 1 aromatic rings. The van der Waals surface area contributed by atoms with Gasteiger partial charge in [-0.2, -0.15) is 0 Å². The van der Waals surface area contributed by atoms with E-state index in [4.69, 9.17) is 4.74 Å². The minimum atomic E-state index is 0.595. The lowest BCUT2D eigenvalue weighted by Gasteiger charge is -2.38. The summed E-state index contributed by atoms with van der Waals surface area (Å²) in [6.45, 7) is 3.03. The van der Waals surface area contributed by atoms with Crippen LogP contribution in [-0.2, 0) is 6.54 Å². The average molecular weight is 288 g/mol. The summed E-state index contributed by atoms with van der Waals surface area (Å²) in [7, 11) is 3.50. The Kier molecular flexibility index (Phi) is 3.99. The molecular formula is C16H24N4O. The van der Waals surface area contributed by atoms with E-state index in [1.54, 1.807) is 13.3 Å². The van der Waals surface area contributed by atoms with Gasteiger partial charge in [0.1, 0.15) is 0 Å². The molecule has 2 aliphatic rings. The SMILES string of the molecule is CN=C(NCc1ccnc(OC)c1)N1CCC2(CCC2)C1. The quantitative estimate of drug-likeness (QED) is 0.683. The maximum absolute atomic E-state index is 5.16. The second kappa shape index (κ2) is 5.92. The van der Waals surface area contributed by atoms with Crippen LogP contribution in [-0.4, -0.2) is 43.1 Å². The minimum Gasteiger partial charge on any atom is -0.481 e. The summed E-state index contributed by atoms with van der Waals surface area (Å²) in [4.78, 5) is 11.0. The highest BCUT2D eigenvalue weighted by Gasteiger charge is 2.43. The molecule has 1 aliphatic carbocycles. The van der Waals surface area contributed by atoms with Gasteiger partial charge in [0.15, 0.2) is 5.96 Å². The van der Waals surface area contributed by atoms with E-state index < -0.39 is 0 Å². The predicted octanol–water partition coefficient (Wildman–Crippen LogP) is 2.04. The Hall–Kier alpha value is -1.78. The molecule has 0 aromatic carbocycles. The van der Waals surface area contributed by atoms with Crippen molar-refractivity contribution in [2.45, 2.75) is 32.2 Å². The van der Waals surface area contributed by atoms with Gasteiger partial charge in [0, 0.05) is 38.9 Å². The van der Waals surface area contributed by atoms with Crippen molar-refractivity contribution in [2.24, 2.45) is 10.4 Å². The van der Waals surface area contributed by atoms with Gasteiger partial charge in [-0.3, -0.25) is 4.99 Å². The first-order chi connectivity index (χ1) is 10.2. The molecule has 5 heteroatoms. The number of likely N-dealkylation sites (tertiary alicyclic amines) is 1. The smallest absolute Gasteiger partial charge is 0.213 e. The van der Waals surface area contributed by atoms with Crippen LogP contribution in [0.4, 0.5) is 0 Å². The van der Waals surface area contributed by atoms with Crippen LogP contribution in [0.3, 0.4) is 0 Å². The molecule has 1 N–H and O–H groups in total. The number of nitrogens with zero attached hydrogens (tertiary/aromatic N) is 3. The maximum atomic E-state index is 5.16. The molecule has 1 spiro atoms. The fourth-order valence-corrected chi connectivity index (χ4v) is 3.39. The number of hydrogen-bond acceptors (Lipinski definition) is 3. The van der Waals surface area contributed by atoms with Gasteiger partial charge in [-0.1, -0.05) is 6.42 Å². The summed E-state index contributed by atoms with van der Waals surface area (Å²) < 4.78 is 5.16. The minimum absolute atomic E-state index is 0.595. The summed E-state index contributed by atoms with van der Waals surface area (Å²) in [6, 6.07) is 3.96. The highest BCUT2D eigenvalue weighted by Crippen LogP contribution is 2.47. The van der Waals surface area contributed by atoms with Crippen LogP contribution in [0.5, 0.6) is 5.88 Å². The summed E-state index contributed by atoms with van der Waals surface area (Å²) >= 11 is 0. The molecule has 114 valence electrons. The average Bonchev–Trinajstić information content (AvgIpc) is 2.94. The molecule has 0 unspecified atom stereocenters. The first-order valence-electron chi connectivity index (χ1n) is 7.69. The van der Waals surface area contributed by atoms with E-state index in [2.05, 4.69) is 20.2 Å². The lowest BCUT2D eigenvalue weighted by Crippen LogP contribution is -2.42. The third-order valence-electron chi connectivity index (χ3n) is 4.82. The van der Waals surface area contributed by atoms with Crippen molar-refractivity contribution in [1.29, 1.82) is 0 Å². The molecule has 0 bridgehead atoms. The fourth-order valence-electron chi connectivity index (χ4n) is 3.39. The number of hydrogen-bond donors (Lipinski definition) is 1. The van der Waals surface area contributed by atoms with E-state index in [-0.39, 0.29) is 0 Å². The number of rotatable bonds is 3. The molecule has 5 nitrogen and oxygen atoms in total. The number of aromatic nitrogens is 1. The number of pyridine rings is 1. The van der Waals surface area contributed by atoms with Crippen LogP contribution in [0.1, 0.15) is 31.2 Å². The number of guanidine groups is 1. The molecule has 1 saturated carbocycles. The van der Waals surface area contributed by atoms with E-state index in [0.29, 0.717) is 11.3 Å². The van der Waals surface area contributed by atoms with Gasteiger partial charge < -0.3 is 15.0 Å². The molecule has 1 aliphatic heterocycles. The van der Waals surface area contributed by atoms with Crippen molar-refractivity contribution >= 4 is 5.96 Å². The zero-order valence-corrected chi connectivity index (χ0v) is 12.9. The van der Waals surface area contributed by atoms with Crippen molar-refractivity contribution in [1.82, 2.24) is 15.2 Å². The monoisotopic (exact) mass is 288 g/mol. The molecule has 1 saturated heterocycles. The van der Waals surface area contributed by atoms with Gasteiger partial charge in [-0.05, 0) is 36.3 Å². The van der Waals surface area contributed by atoms with Gasteiger partial charge in [0.2, 0.25) is 5.88 Å². The van der Waals surface area contributed by atoms with Crippen molar-refractivity contribution in [3.63, 3.8) is 0 Å². The lowest BCUT2D eigenvalue weighted by atomic mass is 9.68. The third kappa shape index (κ3) is 2.96. The first-order valence-corrected chi connectivity index (χ1v) is 7.69. The highest BCUT2D eigenvalue weighted by atomic mass is 16.5. The number of ether oxygens (including phenoxy) is 1. The zero-order valence-electron chi connectivity index (χ0n) is 12.9. The second-order valence-corrected chi connectivity index (χ2v) is 6.13. The van der Waals surface area contributed by atoms with E-state index in [1.165, 1.54) is 25.7 Å². The van der Waals surface area contributed by atoms with Crippen LogP contribution >= 0.6 is 0 Å². The lowest BCUT2D eigenvalue weighted by molar-refractivity contribution is 0.151. The van der Waals surface area contributed by atoms with E-state index in [9.17, 15) is 0 Å². The van der Waals surface area contributed by atoms with Gasteiger partial charge in [0.25, 0.3) is 0 Å². The van der Waals surface area contributed by atoms with E-state index in [1.807, 2.05) is 19.2 Å². The van der Waals surface area contributed by atoms with Gasteiger partial charge in [0.05, 0.1) is 7.11 Å². The molecular weight excluding hydrogens is 264 g/mol. The Balaban J connectivity index is 1.58. The highest BCUT2D eigenvalue weighted by molar-refractivity contribution is 5.80. The maximum Gasteiger partial charge on any atom is 0.213 e. The Morgan fingerprint density at radius 1 is 1.48 bits per heavy atom. The Bertz CT molecular complexity index is 525. The fraction of sp³-hybridized carbons (Fsp3) is 0.625. The molecule has 0 radical (unpaired) electrons. The molecule has 3 rings (SSSR count). The molecule has 2 fully saturated rings. The van der Waals surface area contributed by atoms with Gasteiger partial charge >= 0.3 is 0 Å². The largest absolute Gasteiger partial charge is 0.481 e. The van der Waals surface area contributed by atoms with Crippen molar-refractivity contribution in [3.8, 4) is 5.88 Å². The van der Waals surface area contributed by atoms with Crippen molar-refractivity contribution in [2.75, 3.05) is 27.2 Å². The Morgan fingerprint density at radius 2 is 2.33 bits per heavy atom. The summed E-state index contributed by atoms with van der Waals surface area (Å²) in [5.74, 6) is 1.66. The van der Waals surface area contributed by atoms with E-state index >= 15 is 0 Å². The van der Waals surface area contributed by atoms with Crippen LogP contribution in [0.2, 0.25) is 0 Å². The Morgan fingerprint density at radius 3 is 2.95 bits per heavy atom. The molecule has 2 heterocycles. The summed E-state index contributed by atoms with van der Waals surface area (Å²) in [5.41, 5.74) is 1.75. The Labute approximate surface area is 126 Å². The molecule has 21 heavy (non-hydrogen) atoms. The van der Waals surface area contributed by atoms with Crippen LogP contribution in [0, 0.1) is 5.41 Å². The number of nitrogens with one attached hydrogen (secondary N) is 1.